The molecule has 1 saturated heterocycles. The Morgan fingerprint density at radius 3 is 2.28 bits per heavy atom. The van der Waals surface area contributed by atoms with Crippen molar-refractivity contribution in [3.8, 4) is 0 Å². The largest absolute Gasteiger partial charge is 0.507 e. The van der Waals surface area contributed by atoms with Gasteiger partial charge in [0.1, 0.15) is 11.6 Å². The first-order valence-electron chi connectivity index (χ1n) is 8.74. The van der Waals surface area contributed by atoms with E-state index in [1.165, 1.54) is 53.4 Å². The van der Waals surface area contributed by atoms with E-state index in [1.807, 2.05) is 0 Å². The summed E-state index contributed by atoms with van der Waals surface area (Å²) in [4.78, 5) is 36.6. The number of non-ortho nitro benzene ring substituents is 1. The van der Waals surface area contributed by atoms with Crippen LogP contribution in [0.15, 0.2) is 54.1 Å². The second-order valence-electron chi connectivity index (χ2n) is 6.43. The van der Waals surface area contributed by atoms with Crippen molar-refractivity contribution in [2.24, 2.45) is 0 Å². The average molecular weight is 400 g/mol. The van der Waals surface area contributed by atoms with Crippen LogP contribution >= 0.6 is 0 Å². The molecule has 1 amide bonds. The first-order chi connectivity index (χ1) is 13.8. The van der Waals surface area contributed by atoms with E-state index >= 15 is 0 Å². The molecule has 9 heteroatoms. The molecule has 0 spiro atoms. The van der Waals surface area contributed by atoms with E-state index in [0.29, 0.717) is 5.56 Å². The number of amides is 1. The highest BCUT2D eigenvalue weighted by atomic mass is 19.1. The van der Waals surface area contributed by atoms with Gasteiger partial charge in [-0.15, -0.1) is 0 Å². The summed E-state index contributed by atoms with van der Waals surface area (Å²) in [5, 5.41) is 30.7. The fourth-order valence-electron chi connectivity index (χ4n) is 3.24. The lowest BCUT2D eigenvalue weighted by atomic mass is 9.95. The Labute approximate surface area is 164 Å². The van der Waals surface area contributed by atoms with Gasteiger partial charge in [0.15, 0.2) is 0 Å². The second-order valence-corrected chi connectivity index (χ2v) is 6.43. The smallest absolute Gasteiger partial charge is 0.295 e. The molecule has 1 fully saturated rings. The minimum absolute atomic E-state index is 0.0557. The Hall–Kier alpha value is -3.59. The summed E-state index contributed by atoms with van der Waals surface area (Å²) in [5.41, 5.74) is 0.142. The van der Waals surface area contributed by atoms with Crippen LogP contribution in [0.3, 0.4) is 0 Å². The van der Waals surface area contributed by atoms with Crippen LogP contribution in [-0.4, -0.2) is 44.9 Å². The molecule has 1 atom stereocenters. The van der Waals surface area contributed by atoms with Crippen molar-refractivity contribution in [2.45, 2.75) is 12.5 Å². The number of hydrogen-bond donors (Lipinski definition) is 2. The number of benzene rings is 2. The molecule has 0 bridgehead atoms. The molecule has 2 N–H and O–H groups in total. The predicted octanol–water partition coefficient (Wildman–Crippen LogP) is 2.54. The maximum Gasteiger partial charge on any atom is 0.295 e. The third-order valence-electron chi connectivity index (χ3n) is 4.63. The lowest BCUT2D eigenvalue weighted by Gasteiger charge is -2.25. The summed E-state index contributed by atoms with van der Waals surface area (Å²) in [6.07, 6.45) is 0.211. The van der Waals surface area contributed by atoms with Gasteiger partial charge in [0.25, 0.3) is 17.4 Å². The molecule has 2 aromatic rings. The normalized spacial score (nSPS) is 18.3. The second kappa shape index (κ2) is 8.19. The molecule has 1 aliphatic heterocycles. The molecule has 1 aliphatic rings. The summed E-state index contributed by atoms with van der Waals surface area (Å²) in [7, 11) is 0. The molecule has 0 aliphatic carbocycles. The fourth-order valence-corrected chi connectivity index (χ4v) is 3.24. The van der Waals surface area contributed by atoms with Gasteiger partial charge in [-0.1, -0.05) is 12.1 Å². The quantitative estimate of drug-likeness (QED) is 0.253. The number of ketones is 1. The monoisotopic (exact) mass is 400 g/mol. The van der Waals surface area contributed by atoms with Crippen LogP contribution in [0.5, 0.6) is 0 Å². The van der Waals surface area contributed by atoms with Gasteiger partial charge >= 0.3 is 0 Å². The molecule has 1 heterocycles. The summed E-state index contributed by atoms with van der Waals surface area (Å²) < 4.78 is 13.4. The molecule has 29 heavy (non-hydrogen) atoms. The third-order valence-corrected chi connectivity index (χ3v) is 4.63. The maximum atomic E-state index is 13.4. The molecule has 0 saturated carbocycles. The molecule has 2 aromatic carbocycles. The van der Waals surface area contributed by atoms with Crippen molar-refractivity contribution in [3.63, 3.8) is 0 Å². The van der Waals surface area contributed by atoms with Gasteiger partial charge in [-0.25, -0.2) is 4.39 Å². The zero-order valence-corrected chi connectivity index (χ0v) is 15.1. The van der Waals surface area contributed by atoms with Gasteiger partial charge in [0.05, 0.1) is 16.5 Å². The topological polar surface area (TPSA) is 121 Å². The Bertz CT molecular complexity index is 985. The lowest BCUT2D eigenvalue weighted by Crippen LogP contribution is -2.31. The highest BCUT2D eigenvalue weighted by Crippen LogP contribution is 2.39. The summed E-state index contributed by atoms with van der Waals surface area (Å²) in [6.45, 7) is -0.151. The van der Waals surface area contributed by atoms with Crippen LogP contribution in [0.1, 0.15) is 23.6 Å². The number of nitro groups is 1. The van der Waals surface area contributed by atoms with Crippen LogP contribution in [0, 0.1) is 15.9 Å². The van der Waals surface area contributed by atoms with Crippen molar-refractivity contribution in [1.29, 1.82) is 0 Å². The van der Waals surface area contributed by atoms with E-state index in [2.05, 4.69) is 0 Å². The highest BCUT2D eigenvalue weighted by Gasteiger charge is 2.45. The standard InChI is InChI=1S/C20H17FN2O6/c21-14-6-2-12(3-7-14)17-16(19(26)20(27)22(17)10-1-11-24)18(25)13-4-8-15(9-5-13)23(28)29/h2-9,17,24-25H,1,10-11H2/b18-16+. The Morgan fingerprint density at radius 1 is 1.10 bits per heavy atom. The number of rotatable bonds is 6. The predicted molar refractivity (Wildman–Crippen MR) is 100 cm³/mol. The number of aliphatic hydroxyl groups excluding tert-OH is 2. The number of carbonyl (C=O) groups is 2. The zero-order valence-electron chi connectivity index (χ0n) is 15.1. The molecule has 0 aromatic heterocycles. The highest BCUT2D eigenvalue weighted by molar-refractivity contribution is 6.46. The number of hydrogen-bond acceptors (Lipinski definition) is 6. The van der Waals surface area contributed by atoms with Crippen LogP contribution < -0.4 is 0 Å². The fraction of sp³-hybridized carbons (Fsp3) is 0.200. The summed E-state index contributed by atoms with van der Waals surface area (Å²) in [5.74, 6) is -2.76. The van der Waals surface area contributed by atoms with Gasteiger partial charge in [-0.3, -0.25) is 19.7 Å². The van der Waals surface area contributed by atoms with Crippen LogP contribution in [0.4, 0.5) is 10.1 Å². The SMILES string of the molecule is O=C1C(=O)N(CCCO)C(c2ccc(F)cc2)/C1=C(\O)c1ccc([N+](=O)[O-])cc1. The third kappa shape index (κ3) is 3.85. The minimum atomic E-state index is -0.975. The number of Topliss-reactive ketones (excluding diaryl/α,β-unsaturated/α-hetero) is 1. The minimum Gasteiger partial charge on any atom is -0.507 e. The van der Waals surface area contributed by atoms with Crippen molar-refractivity contribution in [1.82, 2.24) is 4.90 Å². The number of nitrogens with zero attached hydrogens (tertiary/aromatic N) is 2. The van der Waals surface area contributed by atoms with Crippen LogP contribution in [-0.2, 0) is 9.59 Å². The molecular weight excluding hydrogens is 383 g/mol. The average Bonchev–Trinajstić information content (AvgIpc) is 2.97. The van der Waals surface area contributed by atoms with Gasteiger partial charge in [-0.05, 0) is 36.2 Å². The first-order valence-corrected chi connectivity index (χ1v) is 8.74. The first kappa shape index (κ1) is 20.2. The van der Waals surface area contributed by atoms with E-state index in [9.17, 15) is 29.2 Å². The summed E-state index contributed by atoms with van der Waals surface area (Å²) in [6, 6.07) is 9.07. The van der Waals surface area contributed by atoms with Gasteiger partial charge in [0.2, 0.25) is 0 Å². The molecule has 8 nitrogen and oxygen atoms in total. The molecule has 150 valence electrons. The van der Waals surface area contributed by atoms with E-state index < -0.39 is 34.2 Å². The Morgan fingerprint density at radius 2 is 1.72 bits per heavy atom. The summed E-state index contributed by atoms with van der Waals surface area (Å²) >= 11 is 0. The molecule has 3 rings (SSSR count). The Balaban J connectivity index is 2.12. The van der Waals surface area contributed by atoms with Gasteiger partial charge in [0, 0.05) is 30.8 Å². The van der Waals surface area contributed by atoms with E-state index in [4.69, 9.17) is 5.11 Å². The van der Waals surface area contributed by atoms with Gasteiger partial charge < -0.3 is 15.1 Å². The van der Waals surface area contributed by atoms with E-state index in [-0.39, 0.29) is 36.4 Å². The van der Waals surface area contributed by atoms with Crippen molar-refractivity contribution < 1.29 is 29.1 Å². The number of nitro benzene ring substituents is 1. The van der Waals surface area contributed by atoms with E-state index in [0.717, 1.165) is 0 Å². The molecule has 0 radical (unpaired) electrons. The van der Waals surface area contributed by atoms with Gasteiger partial charge in [-0.2, -0.15) is 0 Å². The van der Waals surface area contributed by atoms with Crippen molar-refractivity contribution in [2.75, 3.05) is 13.2 Å². The lowest BCUT2D eigenvalue weighted by molar-refractivity contribution is -0.384. The number of halogens is 1. The Kier molecular flexibility index (Phi) is 5.69. The van der Waals surface area contributed by atoms with Crippen LogP contribution in [0.2, 0.25) is 0 Å². The molecular formula is C20H17FN2O6. The maximum absolute atomic E-state index is 13.4. The number of aliphatic hydroxyl groups is 2. The number of carbonyl (C=O) groups excluding carboxylic acids is 2. The van der Waals surface area contributed by atoms with Crippen molar-refractivity contribution in [3.05, 3.63) is 81.2 Å². The van der Waals surface area contributed by atoms with Crippen molar-refractivity contribution >= 4 is 23.1 Å². The number of likely N-dealkylation sites (tertiary alicyclic amines) is 1. The molecule has 1 unspecified atom stereocenters. The zero-order chi connectivity index (χ0) is 21.1. The van der Waals surface area contributed by atoms with E-state index in [1.54, 1.807) is 0 Å². The van der Waals surface area contributed by atoms with Crippen LogP contribution in [0.25, 0.3) is 5.76 Å².